The molecular formula is C17H13NO3. The molecule has 1 aromatic heterocycles. The lowest BCUT2D eigenvalue weighted by Gasteiger charge is -2.02. The Morgan fingerprint density at radius 2 is 1.90 bits per heavy atom. The second-order valence-electron chi connectivity index (χ2n) is 4.89. The van der Waals surface area contributed by atoms with Gasteiger partial charge in [0.2, 0.25) is 0 Å². The number of fused-ring (bicyclic) bond motifs is 1. The third-order valence-corrected chi connectivity index (χ3v) is 3.23. The van der Waals surface area contributed by atoms with Gasteiger partial charge in [-0.15, -0.1) is 0 Å². The minimum Gasteiger partial charge on any atom is -0.420 e. The molecule has 104 valence electrons. The van der Waals surface area contributed by atoms with Crippen molar-refractivity contribution < 1.29 is 9.21 Å². The van der Waals surface area contributed by atoms with Crippen molar-refractivity contribution in [2.75, 3.05) is 0 Å². The van der Waals surface area contributed by atoms with E-state index in [9.17, 15) is 9.59 Å². The Morgan fingerprint density at radius 1 is 1.14 bits per heavy atom. The Bertz CT molecular complexity index is 866. The van der Waals surface area contributed by atoms with Crippen LogP contribution in [-0.2, 0) is 6.42 Å². The third-order valence-electron chi connectivity index (χ3n) is 3.23. The number of hydrogen-bond donors (Lipinski definition) is 0. The van der Waals surface area contributed by atoms with Crippen LogP contribution >= 0.6 is 0 Å². The van der Waals surface area contributed by atoms with Crippen molar-refractivity contribution in [3.8, 4) is 0 Å². The zero-order valence-corrected chi connectivity index (χ0v) is 11.5. The van der Waals surface area contributed by atoms with E-state index in [2.05, 4.69) is 4.98 Å². The van der Waals surface area contributed by atoms with Crippen LogP contribution in [0.4, 0.5) is 0 Å². The second kappa shape index (κ2) is 5.32. The van der Waals surface area contributed by atoms with Gasteiger partial charge in [-0.25, -0.2) is 9.78 Å². The van der Waals surface area contributed by atoms with Crippen molar-refractivity contribution >= 4 is 16.9 Å². The molecule has 0 unspecified atom stereocenters. The van der Waals surface area contributed by atoms with E-state index in [4.69, 9.17) is 4.42 Å². The second-order valence-corrected chi connectivity index (χ2v) is 4.89. The maximum absolute atomic E-state index is 12.1. The lowest BCUT2D eigenvalue weighted by Crippen LogP contribution is -2.15. The summed E-state index contributed by atoms with van der Waals surface area (Å²) in [6.07, 6.45) is -0.0593. The SMILES string of the molecule is Cc1ccc2oc(=O)c(CC(=O)c3ccccc3)nc2c1. The molecule has 3 rings (SSSR count). The van der Waals surface area contributed by atoms with Gasteiger partial charge in [-0.05, 0) is 24.6 Å². The number of aromatic nitrogens is 1. The molecule has 0 aliphatic carbocycles. The lowest BCUT2D eigenvalue weighted by atomic mass is 10.1. The Kier molecular flexibility index (Phi) is 3.36. The topological polar surface area (TPSA) is 60.2 Å². The van der Waals surface area contributed by atoms with E-state index in [1.807, 2.05) is 25.1 Å². The molecule has 0 fully saturated rings. The standard InChI is InChI=1S/C17H13NO3/c1-11-7-8-16-13(9-11)18-14(17(20)21-16)10-15(19)12-5-3-2-4-6-12/h2-9H,10H2,1H3. The molecule has 0 aliphatic rings. The van der Waals surface area contributed by atoms with Crippen molar-refractivity contribution in [2.45, 2.75) is 13.3 Å². The summed E-state index contributed by atoms with van der Waals surface area (Å²) in [6.45, 7) is 1.93. The number of carbonyl (C=O) groups excluding carboxylic acids is 1. The van der Waals surface area contributed by atoms with Crippen molar-refractivity contribution in [2.24, 2.45) is 0 Å². The average Bonchev–Trinajstić information content (AvgIpc) is 2.49. The molecular weight excluding hydrogens is 266 g/mol. The van der Waals surface area contributed by atoms with Crippen LogP contribution < -0.4 is 5.63 Å². The van der Waals surface area contributed by atoms with Gasteiger partial charge in [0.1, 0.15) is 11.2 Å². The molecule has 4 nitrogen and oxygen atoms in total. The molecule has 21 heavy (non-hydrogen) atoms. The first-order valence-corrected chi connectivity index (χ1v) is 6.62. The highest BCUT2D eigenvalue weighted by Gasteiger charge is 2.13. The van der Waals surface area contributed by atoms with Crippen LogP contribution in [0.25, 0.3) is 11.1 Å². The van der Waals surface area contributed by atoms with Gasteiger partial charge in [0, 0.05) is 5.56 Å². The normalized spacial score (nSPS) is 10.7. The van der Waals surface area contributed by atoms with Gasteiger partial charge in [-0.3, -0.25) is 4.79 Å². The van der Waals surface area contributed by atoms with E-state index in [-0.39, 0.29) is 17.9 Å². The van der Waals surface area contributed by atoms with Crippen molar-refractivity contribution in [1.29, 1.82) is 0 Å². The van der Waals surface area contributed by atoms with E-state index >= 15 is 0 Å². The maximum Gasteiger partial charge on any atom is 0.358 e. The predicted octanol–water partition coefficient (Wildman–Crippen LogP) is 2.92. The summed E-state index contributed by atoms with van der Waals surface area (Å²) in [5.41, 5.74) is 2.18. The van der Waals surface area contributed by atoms with Crippen LogP contribution in [0.3, 0.4) is 0 Å². The summed E-state index contributed by atoms with van der Waals surface area (Å²) >= 11 is 0. The van der Waals surface area contributed by atoms with Gasteiger partial charge >= 0.3 is 5.63 Å². The Labute approximate surface area is 121 Å². The van der Waals surface area contributed by atoms with Crippen molar-refractivity contribution in [3.63, 3.8) is 0 Å². The van der Waals surface area contributed by atoms with Gasteiger partial charge in [0.15, 0.2) is 11.4 Å². The minimum absolute atomic E-state index is 0.0593. The first-order chi connectivity index (χ1) is 10.1. The summed E-state index contributed by atoms with van der Waals surface area (Å²) in [5, 5.41) is 0. The molecule has 2 aromatic carbocycles. The maximum atomic E-state index is 12.1. The third kappa shape index (κ3) is 2.74. The number of carbonyl (C=O) groups is 1. The number of Topliss-reactive ketones (excluding diaryl/α,β-unsaturated/α-hetero) is 1. The number of benzene rings is 2. The Hall–Kier alpha value is -2.75. The van der Waals surface area contributed by atoms with Gasteiger partial charge in [0.05, 0.1) is 6.42 Å². The Morgan fingerprint density at radius 3 is 2.67 bits per heavy atom. The van der Waals surface area contributed by atoms with Crippen LogP contribution in [-0.4, -0.2) is 10.8 Å². The number of rotatable bonds is 3. The fraction of sp³-hybridized carbons (Fsp3) is 0.118. The molecule has 0 bridgehead atoms. The van der Waals surface area contributed by atoms with Crippen LogP contribution in [0.15, 0.2) is 57.7 Å². The van der Waals surface area contributed by atoms with Gasteiger partial charge < -0.3 is 4.42 Å². The molecule has 0 radical (unpaired) electrons. The monoisotopic (exact) mass is 279 g/mol. The van der Waals surface area contributed by atoms with E-state index < -0.39 is 5.63 Å². The number of hydrogen-bond acceptors (Lipinski definition) is 4. The molecule has 0 saturated heterocycles. The quantitative estimate of drug-likeness (QED) is 0.692. The van der Waals surface area contributed by atoms with Crippen LogP contribution in [0, 0.1) is 6.92 Å². The van der Waals surface area contributed by atoms with E-state index in [0.29, 0.717) is 16.7 Å². The van der Waals surface area contributed by atoms with Gasteiger partial charge in [0.25, 0.3) is 0 Å². The minimum atomic E-state index is -0.560. The molecule has 0 N–H and O–H groups in total. The predicted molar refractivity (Wildman–Crippen MR) is 79.5 cm³/mol. The summed E-state index contributed by atoms with van der Waals surface area (Å²) in [4.78, 5) is 28.3. The molecule has 0 amide bonds. The molecule has 0 saturated carbocycles. The van der Waals surface area contributed by atoms with E-state index in [1.165, 1.54) is 0 Å². The smallest absolute Gasteiger partial charge is 0.358 e. The zero-order valence-electron chi connectivity index (χ0n) is 11.5. The van der Waals surface area contributed by atoms with Crippen LogP contribution in [0.5, 0.6) is 0 Å². The molecule has 3 aromatic rings. The van der Waals surface area contributed by atoms with Gasteiger partial charge in [-0.1, -0.05) is 36.4 Å². The highest BCUT2D eigenvalue weighted by molar-refractivity contribution is 5.97. The summed E-state index contributed by atoms with van der Waals surface area (Å²) in [6, 6.07) is 14.2. The molecule has 4 heteroatoms. The van der Waals surface area contributed by atoms with Crippen molar-refractivity contribution in [3.05, 3.63) is 75.8 Å². The number of nitrogens with zero attached hydrogens (tertiary/aromatic N) is 1. The number of aryl methyl sites for hydroxylation is 1. The van der Waals surface area contributed by atoms with Crippen LogP contribution in [0.1, 0.15) is 21.6 Å². The first kappa shape index (κ1) is 13.2. The molecule has 0 spiro atoms. The first-order valence-electron chi connectivity index (χ1n) is 6.62. The highest BCUT2D eigenvalue weighted by atomic mass is 16.4. The van der Waals surface area contributed by atoms with E-state index in [0.717, 1.165) is 5.56 Å². The molecule has 0 aliphatic heterocycles. The van der Waals surface area contributed by atoms with Gasteiger partial charge in [-0.2, -0.15) is 0 Å². The number of ketones is 1. The fourth-order valence-corrected chi connectivity index (χ4v) is 2.14. The summed E-state index contributed by atoms with van der Waals surface area (Å²) in [5.74, 6) is -0.151. The van der Waals surface area contributed by atoms with Crippen molar-refractivity contribution in [1.82, 2.24) is 4.98 Å². The fourth-order valence-electron chi connectivity index (χ4n) is 2.14. The largest absolute Gasteiger partial charge is 0.420 e. The van der Waals surface area contributed by atoms with Crippen LogP contribution in [0.2, 0.25) is 0 Å². The summed E-state index contributed by atoms with van der Waals surface area (Å²) in [7, 11) is 0. The molecule has 1 heterocycles. The molecule has 0 atom stereocenters. The summed E-state index contributed by atoms with van der Waals surface area (Å²) < 4.78 is 5.21. The average molecular weight is 279 g/mol. The zero-order chi connectivity index (χ0) is 14.8. The Balaban J connectivity index is 1.99. The van der Waals surface area contributed by atoms with E-state index in [1.54, 1.807) is 30.3 Å². The lowest BCUT2D eigenvalue weighted by molar-refractivity contribution is 0.0991. The highest BCUT2D eigenvalue weighted by Crippen LogP contribution is 2.13.